The van der Waals surface area contributed by atoms with E-state index in [1.165, 1.54) is 23.5 Å². The molecule has 7 nitrogen and oxygen atoms in total. The maximum atomic E-state index is 12.9. The highest BCUT2D eigenvalue weighted by atomic mass is 32.2. The van der Waals surface area contributed by atoms with E-state index in [-0.39, 0.29) is 10.8 Å². The second kappa shape index (κ2) is 10.1. The highest BCUT2D eigenvalue weighted by molar-refractivity contribution is 7.92. The Bertz CT molecular complexity index is 1270. The normalized spacial score (nSPS) is 10.8. The van der Waals surface area contributed by atoms with E-state index < -0.39 is 15.9 Å². The van der Waals surface area contributed by atoms with Crippen LogP contribution in [0.2, 0.25) is 0 Å². The molecule has 0 heterocycles. The summed E-state index contributed by atoms with van der Waals surface area (Å²) >= 11 is 0. The minimum Gasteiger partial charge on any atom is -0.349 e. The van der Waals surface area contributed by atoms with Gasteiger partial charge in [0.1, 0.15) is 0 Å². The molecule has 0 aliphatic carbocycles. The summed E-state index contributed by atoms with van der Waals surface area (Å²) in [7, 11) is -2.27. The predicted molar refractivity (Wildman–Crippen MR) is 130 cm³/mol. The van der Waals surface area contributed by atoms with Crippen molar-refractivity contribution < 1.29 is 18.0 Å². The first-order valence-corrected chi connectivity index (χ1v) is 11.6. The Balaban J connectivity index is 1.77. The zero-order valence-electron chi connectivity index (χ0n) is 18.4. The molecule has 3 rings (SSSR count). The molecule has 0 saturated heterocycles. The quantitative estimate of drug-likeness (QED) is 0.494. The molecular weight excluding hydrogens is 438 g/mol. The number of hydrogen-bond donors (Lipinski definition) is 2. The summed E-state index contributed by atoms with van der Waals surface area (Å²) < 4.78 is 26.9. The van der Waals surface area contributed by atoms with Crippen LogP contribution in [0.5, 0.6) is 0 Å². The van der Waals surface area contributed by atoms with Crippen LogP contribution in [0.25, 0.3) is 0 Å². The highest BCUT2D eigenvalue weighted by Crippen LogP contribution is 2.23. The number of carbonyl (C=O) groups excluding carboxylic acids is 2. The molecule has 0 aliphatic heterocycles. The van der Waals surface area contributed by atoms with Gasteiger partial charge in [-0.15, -0.1) is 6.58 Å². The lowest BCUT2D eigenvalue weighted by Gasteiger charge is -2.20. The zero-order chi connectivity index (χ0) is 24.0. The fourth-order valence-corrected chi connectivity index (χ4v) is 4.27. The van der Waals surface area contributed by atoms with Crippen molar-refractivity contribution in [1.82, 2.24) is 5.32 Å². The van der Waals surface area contributed by atoms with E-state index in [0.717, 1.165) is 5.56 Å². The Morgan fingerprint density at radius 2 is 1.58 bits per heavy atom. The second-order valence-electron chi connectivity index (χ2n) is 7.33. The van der Waals surface area contributed by atoms with Crippen LogP contribution in [0.15, 0.2) is 90.3 Å². The lowest BCUT2D eigenvalue weighted by atomic mass is 10.1. The van der Waals surface area contributed by atoms with E-state index in [1.807, 2.05) is 6.92 Å². The maximum Gasteiger partial charge on any atom is 0.264 e. The molecule has 8 heteroatoms. The second-order valence-corrected chi connectivity index (χ2v) is 9.30. The van der Waals surface area contributed by atoms with Crippen molar-refractivity contribution in [2.45, 2.75) is 11.8 Å². The summed E-state index contributed by atoms with van der Waals surface area (Å²) in [5.41, 5.74) is 2.39. The number of aryl methyl sites for hydroxylation is 1. The number of para-hydroxylation sites is 1. The molecule has 2 N–H and O–H groups in total. The minimum atomic E-state index is -3.73. The van der Waals surface area contributed by atoms with Gasteiger partial charge < -0.3 is 10.6 Å². The van der Waals surface area contributed by atoms with Gasteiger partial charge in [0.15, 0.2) is 0 Å². The van der Waals surface area contributed by atoms with Crippen LogP contribution in [-0.2, 0) is 10.0 Å². The topological polar surface area (TPSA) is 95.6 Å². The van der Waals surface area contributed by atoms with E-state index in [2.05, 4.69) is 17.2 Å². The van der Waals surface area contributed by atoms with Crippen molar-refractivity contribution in [2.24, 2.45) is 0 Å². The smallest absolute Gasteiger partial charge is 0.264 e. The van der Waals surface area contributed by atoms with Crippen LogP contribution in [0.3, 0.4) is 0 Å². The van der Waals surface area contributed by atoms with Gasteiger partial charge in [0.25, 0.3) is 21.8 Å². The minimum absolute atomic E-state index is 0.184. The van der Waals surface area contributed by atoms with E-state index >= 15 is 0 Å². The predicted octanol–water partition coefficient (Wildman–Crippen LogP) is 3.99. The van der Waals surface area contributed by atoms with Crippen molar-refractivity contribution >= 4 is 33.2 Å². The van der Waals surface area contributed by atoms with Gasteiger partial charge in [0, 0.05) is 19.2 Å². The molecule has 0 unspecified atom stereocenters. The standard InChI is InChI=1S/C25H25N3O4S/c1-4-17-26-25(30)22-7-5-6-8-23(22)27-24(29)19-11-13-20(14-12-19)28(3)33(31,32)21-15-9-18(2)10-16-21/h4-16H,1,17H2,2-3H3,(H,26,30)(H,27,29). The SMILES string of the molecule is C=CCNC(=O)c1ccccc1NC(=O)c1ccc(N(C)S(=O)(=O)c2ccc(C)cc2)cc1. The summed E-state index contributed by atoms with van der Waals surface area (Å²) in [5.74, 6) is -0.751. The molecular formula is C25H25N3O4S. The first-order chi connectivity index (χ1) is 15.7. The average Bonchev–Trinajstić information content (AvgIpc) is 2.82. The number of nitrogens with zero attached hydrogens (tertiary/aromatic N) is 1. The first kappa shape index (κ1) is 23.7. The first-order valence-electron chi connectivity index (χ1n) is 10.2. The number of benzene rings is 3. The molecule has 33 heavy (non-hydrogen) atoms. The third-order valence-corrected chi connectivity index (χ3v) is 6.80. The van der Waals surface area contributed by atoms with Crippen molar-refractivity contribution in [3.05, 3.63) is 102 Å². The van der Waals surface area contributed by atoms with Crippen LogP contribution in [0.4, 0.5) is 11.4 Å². The molecule has 170 valence electrons. The van der Waals surface area contributed by atoms with Crippen LogP contribution in [0, 0.1) is 6.92 Å². The van der Waals surface area contributed by atoms with Gasteiger partial charge in [-0.25, -0.2) is 8.42 Å². The van der Waals surface area contributed by atoms with Gasteiger partial charge in [-0.1, -0.05) is 35.9 Å². The Kier molecular flexibility index (Phi) is 7.30. The monoisotopic (exact) mass is 463 g/mol. The summed E-state index contributed by atoms with van der Waals surface area (Å²) in [5, 5.41) is 5.42. The largest absolute Gasteiger partial charge is 0.349 e. The number of rotatable bonds is 8. The van der Waals surface area contributed by atoms with Crippen LogP contribution < -0.4 is 14.9 Å². The van der Waals surface area contributed by atoms with Gasteiger partial charge in [0.2, 0.25) is 0 Å². The van der Waals surface area contributed by atoms with Gasteiger partial charge in [-0.3, -0.25) is 13.9 Å². The molecule has 0 saturated carbocycles. The maximum absolute atomic E-state index is 12.9. The number of anilines is 2. The fraction of sp³-hybridized carbons (Fsp3) is 0.120. The van der Waals surface area contributed by atoms with E-state index in [1.54, 1.807) is 66.7 Å². The van der Waals surface area contributed by atoms with Crippen LogP contribution >= 0.6 is 0 Å². The van der Waals surface area contributed by atoms with Gasteiger partial charge in [-0.05, 0) is 55.5 Å². The number of sulfonamides is 1. The zero-order valence-corrected chi connectivity index (χ0v) is 19.2. The molecule has 0 spiro atoms. The molecule has 3 aromatic rings. The lowest BCUT2D eigenvalue weighted by molar-refractivity contribution is 0.0959. The van der Waals surface area contributed by atoms with Gasteiger partial charge in [-0.2, -0.15) is 0 Å². The summed E-state index contributed by atoms with van der Waals surface area (Å²) in [6.07, 6.45) is 1.57. The Morgan fingerprint density at radius 1 is 0.939 bits per heavy atom. The number of amides is 2. The molecule has 0 atom stereocenters. The average molecular weight is 464 g/mol. The van der Waals surface area contributed by atoms with Crippen molar-refractivity contribution in [2.75, 3.05) is 23.2 Å². The lowest BCUT2D eigenvalue weighted by Crippen LogP contribution is -2.26. The van der Waals surface area contributed by atoms with Crippen molar-refractivity contribution in [1.29, 1.82) is 0 Å². The third kappa shape index (κ3) is 5.48. The van der Waals surface area contributed by atoms with Crippen molar-refractivity contribution in [3.63, 3.8) is 0 Å². The summed E-state index contributed by atoms with van der Waals surface area (Å²) in [6, 6.07) is 19.5. The summed E-state index contributed by atoms with van der Waals surface area (Å²) in [4.78, 5) is 25.2. The highest BCUT2D eigenvalue weighted by Gasteiger charge is 2.21. The third-order valence-electron chi connectivity index (χ3n) is 5.00. The van der Waals surface area contributed by atoms with Gasteiger partial charge in [0.05, 0.1) is 21.8 Å². The van der Waals surface area contributed by atoms with E-state index in [4.69, 9.17) is 0 Å². The molecule has 2 amide bonds. The molecule has 0 bridgehead atoms. The van der Waals surface area contributed by atoms with Crippen LogP contribution in [0.1, 0.15) is 26.3 Å². The van der Waals surface area contributed by atoms with Gasteiger partial charge >= 0.3 is 0 Å². The number of hydrogen-bond acceptors (Lipinski definition) is 4. The summed E-state index contributed by atoms with van der Waals surface area (Å²) in [6.45, 7) is 5.76. The number of carbonyl (C=O) groups is 2. The molecule has 0 aromatic heterocycles. The number of nitrogens with one attached hydrogen (secondary N) is 2. The molecule has 0 aliphatic rings. The fourth-order valence-electron chi connectivity index (χ4n) is 3.07. The van der Waals surface area contributed by atoms with Crippen molar-refractivity contribution in [3.8, 4) is 0 Å². The van der Waals surface area contributed by atoms with Crippen LogP contribution in [-0.4, -0.2) is 33.8 Å². The molecule has 3 aromatic carbocycles. The Labute approximate surface area is 193 Å². The molecule has 0 fully saturated rings. The molecule has 0 radical (unpaired) electrons. The Morgan fingerprint density at radius 3 is 2.21 bits per heavy atom. The van der Waals surface area contributed by atoms with E-state index in [0.29, 0.717) is 29.0 Å². The Hall–Kier alpha value is -3.91. The van der Waals surface area contributed by atoms with E-state index in [9.17, 15) is 18.0 Å².